The Hall–Kier alpha value is -1.39. The van der Waals surface area contributed by atoms with Gasteiger partial charge in [-0.1, -0.05) is 29.8 Å². The molecule has 1 aliphatic heterocycles. The van der Waals surface area contributed by atoms with Gasteiger partial charge in [0, 0.05) is 13.7 Å². The molecule has 1 aromatic carbocycles. The van der Waals surface area contributed by atoms with Gasteiger partial charge in [0.15, 0.2) is 0 Å². The molecule has 0 radical (unpaired) electrons. The Morgan fingerprint density at radius 3 is 3.11 bits per heavy atom. The molecule has 0 saturated carbocycles. The zero-order valence-corrected chi connectivity index (χ0v) is 11.6. The second kappa shape index (κ2) is 6.68. The standard InChI is InChI=1S/C15H21NO3/c1-12-4-3-5-13(8-12)9-15(17)16-6-7-19-11-14(16)10-18-2/h3-5,8,14H,6-7,9-11H2,1-2H3. The molecule has 0 N–H and O–H groups in total. The number of aryl methyl sites for hydroxylation is 1. The van der Waals surface area contributed by atoms with Crippen molar-refractivity contribution in [2.24, 2.45) is 0 Å². The first-order chi connectivity index (χ1) is 9.20. The van der Waals surface area contributed by atoms with Crippen LogP contribution in [-0.4, -0.2) is 50.3 Å². The van der Waals surface area contributed by atoms with Crippen LogP contribution in [0.5, 0.6) is 0 Å². The van der Waals surface area contributed by atoms with Crippen LogP contribution in [0.4, 0.5) is 0 Å². The minimum Gasteiger partial charge on any atom is -0.382 e. The molecule has 1 aromatic rings. The zero-order chi connectivity index (χ0) is 13.7. The number of amides is 1. The number of rotatable bonds is 4. The van der Waals surface area contributed by atoms with Gasteiger partial charge in [-0.3, -0.25) is 4.79 Å². The number of nitrogens with zero attached hydrogens (tertiary/aromatic N) is 1. The molecule has 19 heavy (non-hydrogen) atoms. The molecular weight excluding hydrogens is 242 g/mol. The molecule has 4 heteroatoms. The molecule has 1 unspecified atom stereocenters. The van der Waals surface area contributed by atoms with Crippen LogP contribution in [0.15, 0.2) is 24.3 Å². The Bertz CT molecular complexity index is 431. The van der Waals surface area contributed by atoms with Gasteiger partial charge in [-0.15, -0.1) is 0 Å². The van der Waals surface area contributed by atoms with Gasteiger partial charge in [0.05, 0.1) is 32.3 Å². The Labute approximate surface area is 114 Å². The predicted octanol–water partition coefficient (Wildman–Crippen LogP) is 1.41. The summed E-state index contributed by atoms with van der Waals surface area (Å²) in [5.74, 6) is 0.149. The van der Waals surface area contributed by atoms with Crippen molar-refractivity contribution in [2.45, 2.75) is 19.4 Å². The maximum Gasteiger partial charge on any atom is 0.227 e. The van der Waals surface area contributed by atoms with E-state index in [0.717, 1.165) is 5.56 Å². The zero-order valence-electron chi connectivity index (χ0n) is 11.6. The van der Waals surface area contributed by atoms with Crippen molar-refractivity contribution in [3.63, 3.8) is 0 Å². The van der Waals surface area contributed by atoms with Crippen molar-refractivity contribution in [3.8, 4) is 0 Å². The predicted molar refractivity (Wildman–Crippen MR) is 73.1 cm³/mol. The van der Waals surface area contributed by atoms with E-state index in [1.54, 1.807) is 7.11 Å². The van der Waals surface area contributed by atoms with E-state index in [0.29, 0.717) is 32.8 Å². The first-order valence-corrected chi connectivity index (χ1v) is 6.62. The quantitative estimate of drug-likeness (QED) is 0.824. The number of methoxy groups -OCH3 is 1. The second-order valence-electron chi connectivity index (χ2n) is 4.94. The molecule has 1 heterocycles. The summed E-state index contributed by atoms with van der Waals surface area (Å²) in [5.41, 5.74) is 2.24. The van der Waals surface area contributed by atoms with Crippen molar-refractivity contribution in [1.82, 2.24) is 4.90 Å². The molecule has 4 nitrogen and oxygen atoms in total. The number of hydrogen-bond acceptors (Lipinski definition) is 3. The monoisotopic (exact) mass is 263 g/mol. The topological polar surface area (TPSA) is 38.8 Å². The Morgan fingerprint density at radius 2 is 2.37 bits per heavy atom. The van der Waals surface area contributed by atoms with E-state index in [4.69, 9.17) is 9.47 Å². The first-order valence-electron chi connectivity index (χ1n) is 6.62. The minimum absolute atomic E-state index is 0.0380. The molecule has 1 fully saturated rings. The smallest absolute Gasteiger partial charge is 0.227 e. The first kappa shape index (κ1) is 14.0. The van der Waals surface area contributed by atoms with E-state index in [9.17, 15) is 4.79 Å². The molecule has 0 spiro atoms. The number of benzene rings is 1. The van der Waals surface area contributed by atoms with E-state index in [1.165, 1.54) is 5.56 Å². The molecule has 0 aliphatic carbocycles. The van der Waals surface area contributed by atoms with Crippen LogP contribution >= 0.6 is 0 Å². The average Bonchev–Trinajstić information content (AvgIpc) is 2.39. The molecule has 1 saturated heterocycles. The summed E-state index contributed by atoms with van der Waals surface area (Å²) in [7, 11) is 1.65. The molecule has 104 valence electrons. The maximum atomic E-state index is 12.4. The van der Waals surface area contributed by atoms with Gasteiger partial charge in [0.1, 0.15) is 0 Å². The van der Waals surface area contributed by atoms with Crippen LogP contribution in [-0.2, 0) is 20.7 Å². The van der Waals surface area contributed by atoms with Crippen molar-refractivity contribution < 1.29 is 14.3 Å². The summed E-state index contributed by atoms with van der Waals surface area (Å²) in [5, 5.41) is 0. The van der Waals surface area contributed by atoms with E-state index >= 15 is 0 Å². The summed E-state index contributed by atoms with van der Waals surface area (Å²) < 4.78 is 10.6. The normalized spacial score (nSPS) is 19.5. The number of ether oxygens (including phenoxy) is 2. The van der Waals surface area contributed by atoms with Crippen LogP contribution in [0.25, 0.3) is 0 Å². The third-order valence-electron chi connectivity index (χ3n) is 3.34. The fraction of sp³-hybridized carbons (Fsp3) is 0.533. The average molecular weight is 263 g/mol. The van der Waals surface area contributed by atoms with Crippen molar-refractivity contribution in [2.75, 3.05) is 33.5 Å². The van der Waals surface area contributed by atoms with Gasteiger partial charge >= 0.3 is 0 Å². The summed E-state index contributed by atoms with van der Waals surface area (Å²) in [6.07, 6.45) is 0.446. The molecule has 0 aromatic heterocycles. The fourth-order valence-electron chi connectivity index (χ4n) is 2.41. The number of carbonyl (C=O) groups excluding carboxylic acids is 1. The summed E-state index contributed by atoms with van der Waals surface area (Å²) in [6.45, 7) is 4.39. The highest BCUT2D eigenvalue weighted by Gasteiger charge is 2.27. The van der Waals surface area contributed by atoms with Gasteiger partial charge in [-0.05, 0) is 12.5 Å². The van der Waals surface area contributed by atoms with Crippen LogP contribution in [0.1, 0.15) is 11.1 Å². The van der Waals surface area contributed by atoms with Crippen molar-refractivity contribution >= 4 is 5.91 Å². The highest BCUT2D eigenvalue weighted by atomic mass is 16.5. The molecule has 1 amide bonds. The highest BCUT2D eigenvalue weighted by Crippen LogP contribution is 2.12. The maximum absolute atomic E-state index is 12.4. The van der Waals surface area contributed by atoms with Gasteiger partial charge in [0.2, 0.25) is 5.91 Å². The summed E-state index contributed by atoms with van der Waals surface area (Å²) in [4.78, 5) is 14.3. The van der Waals surface area contributed by atoms with Crippen LogP contribution in [0, 0.1) is 6.92 Å². The molecule has 1 atom stereocenters. The fourth-order valence-corrected chi connectivity index (χ4v) is 2.41. The van der Waals surface area contributed by atoms with E-state index in [-0.39, 0.29) is 11.9 Å². The van der Waals surface area contributed by atoms with E-state index in [1.807, 2.05) is 30.0 Å². The molecule has 2 rings (SSSR count). The lowest BCUT2D eigenvalue weighted by atomic mass is 10.1. The van der Waals surface area contributed by atoms with Crippen molar-refractivity contribution in [1.29, 1.82) is 0 Å². The molecule has 1 aliphatic rings. The SMILES string of the molecule is COCC1COCCN1C(=O)Cc1cccc(C)c1. The summed E-state index contributed by atoms with van der Waals surface area (Å²) >= 11 is 0. The lowest BCUT2D eigenvalue weighted by Gasteiger charge is -2.35. The molecule has 0 bridgehead atoms. The van der Waals surface area contributed by atoms with Crippen LogP contribution in [0.2, 0.25) is 0 Å². The van der Waals surface area contributed by atoms with E-state index < -0.39 is 0 Å². The number of carbonyl (C=O) groups is 1. The number of hydrogen-bond donors (Lipinski definition) is 0. The highest BCUT2D eigenvalue weighted by molar-refractivity contribution is 5.79. The lowest BCUT2D eigenvalue weighted by molar-refractivity contribution is -0.141. The Morgan fingerprint density at radius 1 is 1.53 bits per heavy atom. The van der Waals surface area contributed by atoms with Gasteiger partial charge in [-0.2, -0.15) is 0 Å². The summed E-state index contributed by atoms with van der Waals surface area (Å²) in [6, 6.07) is 8.12. The van der Waals surface area contributed by atoms with Gasteiger partial charge < -0.3 is 14.4 Å². The Balaban J connectivity index is 2.01. The third-order valence-corrected chi connectivity index (χ3v) is 3.34. The lowest BCUT2D eigenvalue weighted by Crippen LogP contribution is -2.51. The van der Waals surface area contributed by atoms with Crippen LogP contribution < -0.4 is 0 Å². The van der Waals surface area contributed by atoms with Crippen molar-refractivity contribution in [3.05, 3.63) is 35.4 Å². The third kappa shape index (κ3) is 3.78. The van der Waals surface area contributed by atoms with Gasteiger partial charge in [-0.25, -0.2) is 0 Å². The Kier molecular flexibility index (Phi) is 4.93. The van der Waals surface area contributed by atoms with E-state index in [2.05, 4.69) is 6.07 Å². The largest absolute Gasteiger partial charge is 0.382 e. The van der Waals surface area contributed by atoms with Gasteiger partial charge in [0.25, 0.3) is 0 Å². The number of morpholine rings is 1. The van der Waals surface area contributed by atoms with Crippen LogP contribution in [0.3, 0.4) is 0 Å². The second-order valence-corrected chi connectivity index (χ2v) is 4.94. The minimum atomic E-state index is 0.0380. The molecular formula is C15H21NO3.